The minimum Gasteiger partial charge on any atom is -0.344 e. The van der Waals surface area contributed by atoms with Crippen molar-refractivity contribution in [1.29, 1.82) is 0 Å². The summed E-state index contributed by atoms with van der Waals surface area (Å²) in [6.07, 6.45) is 3.44. The third-order valence-corrected chi connectivity index (χ3v) is 4.34. The second-order valence-corrected chi connectivity index (χ2v) is 5.47. The molecule has 2 aromatic rings. The monoisotopic (exact) mass is 246 g/mol. The maximum absolute atomic E-state index is 6.24. The standard InChI is InChI=1S/C14H15ClN2/c15-10-7-9-3-6-17-13-2-5-16-4-1-11(13)12(8-10)14(9)17/h7-8,16H,1-6H2. The predicted octanol–water partition coefficient (Wildman–Crippen LogP) is 2.54. The lowest BCUT2D eigenvalue weighted by Crippen LogP contribution is -2.17. The first-order chi connectivity index (χ1) is 8.34. The van der Waals surface area contributed by atoms with E-state index in [0.29, 0.717) is 0 Å². The molecule has 1 aromatic heterocycles. The first-order valence-electron chi connectivity index (χ1n) is 6.37. The van der Waals surface area contributed by atoms with Crippen LogP contribution in [0.15, 0.2) is 12.1 Å². The minimum atomic E-state index is 0.895. The number of halogens is 1. The van der Waals surface area contributed by atoms with Crippen LogP contribution >= 0.6 is 11.6 Å². The maximum Gasteiger partial charge on any atom is 0.0519 e. The average Bonchev–Trinajstić information content (AvgIpc) is 2.74. The quantitative estimate of drug-likeness (QED) is 0.756. The van der Waals surface area contributed by atoms with E-state index in [1.807, 2.05) is 0 Å². The molecule has 3 heteroatoms. The van der Waals surface area contributed by atoms with Crippen LogP contribution in [0.1, 0.15) is 16.8 Å². The molecule has 0 bridgehead atoms. The minimum absolute atomic E-state index is 0.895. The number of nitrogens with one attached hydrogen (secondary N) is 1. The van der Waals surface area contributed by atoms with Crippen molar-refractivity contribution in [2.75, 3.05) is 13.1 Å². The van der Waals surface area contributed by atoms with Gasteiger partial charge in [0.25, 0.3) is 0 Å². The Hall–Kier alpha value is -0.990. The van der Waals surface area contributed by atoms with Crippen molar-refractivity contribution in [3.63, 3.8) is 0 Å². The first-order valence-corrected chi connectivity index (χ1v) is 6.75. The van der Waals surface area contributed by atoms with E-state index in [1.165, 1.54) is 22.0 Å². The Labute approximate surface area is 106 Å². The molecule has 2 aliphatic rings. The highest BCUT2D eigenvalue weighted by Crippen LogP contribution is 2.36. The van der Waals surface area contributed by atoms with E-state index in [1.54, 1.807) is 5.69 Å². The molecule has 88 valence electrons. The van der Waals surface area contributed by atoms with Crippen molar-refractivity contribution in [1.82, 2.24) is 9.88 Å². The fourth-order valence-corrected chi connectivity index (χ4v) is 3.68. The smallest absolute Gasteiger partial charge is 0.0519 e. The van der Waals surface area contributed by atoms with Crippen LogP contribution in [0.4, 0.5) is 0 Å². The third kappa shape index (κ3) is 1.31. The van der Waals surface area contributed by atoms with Crippen molar-refractivity contribution in [2.24, 2.45) is 0 Å². The summed E-state index contributed by atoms with van der Waals surface area (Å²) in [6.45, 7) is 3.34. The van der Waals surface area contributed by atoms with Gasteiger partial charge in [0.05, 0.1) is 5.52 Å². The van der Waals surface area contributed by atoms with Crippen LogP contribution in [-0.4, -0.2) is 17.7 Å². The lowest BCUT2D eigenvalue weighted by molar-refractivity contribution is 0.680. The molecule has 17 heavy (non-hydrogen) atoms. The van der Waals surface area contributed by atoms with Crippen molar-refractivity contribution in [2.45, 2.75) is 25.8 Å². The second-order valence-electron chi connectivity index (χ2n) is 5.04. The molecular formula is C14H15ClN2. The zero-order valence-electron chi connectivity index (χ0n) is 9.72. The summed E-state index contributed by atoms with van der Waals surface area (Å²) in [6, 6.07) is 4.30. The van der Waals surface area contributed by atoms with E-state index in [9.17, 15) is 0 Å². The number of fused-ring (bicyclic) bond motifs is 3. The van der Waals surface area contributed by atoms with E-state index >= 15 is 0 Å². The number of hydrogen-bond donors (Lipinski definition) is 1. The molecule has 3 heterocycles. The van der Waals surface area contributed by atoms with Gasteiger partial charge in [-0.15, -0.1) is 0 Å². The summed E-state index contributed by atoms with van der Waals surface area (Å²) in [5, 5.41) is 5.78. The zero-order chi connectivity index (χ0) is 11.4. The van der Waals surface area contributed by atoms with Gasteiger partial charge in [-0.05, 0) is 42.6 Å². The molecule has 0 aliphatic carbocycles. The molecule has 4 rings (SSSR count). The Kier molecular flexibility index (Phi) is 2.06. The molecule has 2 aliphatic heterocycles. The van der Waals surface area contributed by atoms with E-state index in [-0.39, 0.29) is 0 Å². The SMILES string of the molecule is Clc1cc2c3c(c1)c1c(n3CC2)CCNCC1. The molecule has 0 atom stereocenters. The highest BCUT2D eigenvalue weighted by atomic mass is 35.5. The Bertz CT molecular complexity index is 612. The number of hydrogen-bond acceptors (Lipinski definition) is 1. The largest absolute Gasteiger partial charge is 0.344 e. The lowest BCUT2D eigenvalue weighted by atomic mass is 10.0. The van der Waals surface area contributed by atoms with Gasteiger partial charge in [0, 0.05) is 35.6 Å². The normalized spacial score (nSPS) is 18.4. The Morgan fingerprint density at radius 1 is 1.12 bits per heavy atom. The van der Waals surface area contributed by atoms with E-state index in [2.05, 4.69) is 22.0 Å². The summed E-state index contributed by atoms with van der Waals surface area (Å²) in [5.41, 5.74) is 5.98. The molecule has 0 fully saturated rings. The van der Waals surface area contributed by atoms with Crippen molar-refractivity contribution in [3.05, 3.63) is 34.0 Å². The van der Waals surface area contributed by atoms with Gasteiger partial charge in [0.2, 0.25) is 0 Å². The maximum atomic E-state index is 6.24. The summed E-state index contributed by atoms with van der Waals surface area (Å²) < 4.78 is 2.53. The fourth-order valence-electron chi connectivity index (χ4n) is 3.44. The molecule has 2 nitrogen and oxygen atoms in total. The van der Waals surface area contributed by atoms with Crippen LogP contribution in [-0.2, 0) is 25.8 Å². The second kappa shape index (κ2) is 3.50. The van der Waals surface area contributed by atoms with E-state index in [4.69, 9.17) is 11.6 Å². The number of nitrogens with zero attached hydrogens (tertiary/aromatic N) is 1. The molecule has 1 N–H and O–H groups in total. The fraction of sp³-hybridized carbons (Fsp3) is 0.429. The van der Waals surface area contributed by atoms with Crippen molar-refractivity contribution < 1.29 is 0 Å². The summed E-state index contributed by atoms with van der Waals surface area (Å²) in [5.74, 6) is 0. The molecule has 0 radical (unpaired) electrons. The van der Waals surface area contributed by atoms with Crippen molar-refractivity contribution in [3.8, 4) is 0 Å². The van der Waals surface area contributed by atoms with Gasteiger partial charge < -0.3 is 9.88 Å². The number of benzene rings is 1. The van der Waals surface area contributed by atoms with Gasteiger partial charge >= 0.3 is 0 Å². The van der Waals surface area contributed by atoms with Crippen molar-refractivity contribution >= 4 is 22.5 Å². The van der Waals surface area contributed by atoms with Crippen LogP contribution in [0.5, 0.6) is 0 Å². The van der Waals surface area contributed by atoms with Gasteiger partial charge in [-0.1, -0.05) is 11.6 Å². The number of aromatic nitrogens is 1. The van der Waals surface area contributed by atoms with Gasteiger partial charge in [0.15, 0.2) is 0 Å². The topological polar surface area (TPSA) is 17.0 Å². The average molecular weight is 247 g/mol. The molecule has 0 spiro atoms. The lowest BCUT2D eigenvalue weighted by Gasteiger charge is -2.05. The van der Waals surface area contributed by atoms with Gasteiger partial charge in [-0.25, -0.2) is 0 Å². The summed E-state index contributed by atoms with van der Waals surface area (Å²) in [4.78, 5) is 0. The number of aryl methyl sites for hydroxylation is 2. The van der Waals surface area contributed by atoms with Crippen LogP contribution in [0, 0.1) is 0 Å². The van der Waals surface area contributed by atoms with Crippen LogP contribution in [0.2, 0.25) is 5.02 Å². The Balaban J connectivity index is 2.10. The molecule has 0 unspecified atom stereocenters. The predicted molar refractivity (Wildman–Crippen MR) is 70.9 cm³/mol. The Morgan fingerprint density at radius 2 is 2.00 bits per heavy atom. The first kappa shape index (κ1) is 9.98. The van der Waals surface area contributed by atoms with E-state index < -0.39 is 0 Å². The molecule has 0 amide bonds. The molecule has 0 saturated heterocycles. The highest BCUT2D eigenvalue weighted by Gasteiger charge is 2.24. The zero-order valence-corrected chi connectivity index (χ0v) is 10.5. The number of rotatable bonds is 0. The van der Waals surface area contributed by atoms with E-state index in [0.717, 1.165) is 43.9 Å². The summed E-state index contributed by atoms with van der Waals surface area (Å²) in [7, 11) is 0. The molecule has 0 saturated carbocycles. The molecular weight excluding hydrogens is 232 g/mol. The van der Waals surface area contributed by atoms with Gasteiger partial charge in [0.1, 0.15) is 0 Å². The van der Waals surface area contributed by atoms with Crippen LogP contribution in [0.25, 0.3) is 10.9 Å². The Morgan fingerprint density at radius 3 is 2.94 bits per heavy atom. The molecule has 1 aromatic carbocycles. The third-order valence-electron chi connectivity index (χ3n) is 4.12. The summed E-state index contributed by atoms with van der Waals surface area (Å²) >= 11 is 6.24. The van der Waals surface area contributed by atoms with Gasteiger partial charge in [-0.2, -0.15) is 0 Å². The van der Waals surface area contributed by atoms with Gasteiger partial charge in [-0.3, -0.25) is 0 Å². The van der Waals surface area contributed by atoms with Crippen LogP contribution in [0.3, 0.4) is 0 Å². The van der Waals surface area contributed by atoms with Crippen LogP contribution < -0.4 is 5.32 Å². The highest BCUT2D eigenvalue weighted by molar-refractivity contribution is 6.31.